The molecule has 1 aromatic carbocycles. The fraction of sp³-hybridized carbons (Fsp3) is 0.150. The molecule has 4 rings (SSSR count). The van der Waals surface area contributed by atoms with Crippen LogP contribution in [-0.2, 0) is 7.05 Å². The lowest BCUT2D eigenvalue weighted by atomic mass is 10.1. The van der Waals surface area contributed by atoms with Gasteiger partial charge in [0.05, 0.1) is 28.6 Å². The monoisotopic (exact) mass is 364 g/mol. The number of aryl methyl sites for hydroxylation is 3. The Kier molecular flexibility index (Phi) is 3.99. The summed E-state index contributed by atoms with van der Waals surface area (Å²) in [6.07, 6.45) is 1.54. The third-order valence-corrected chi connectivity index (χ3v) is 4.36. The molecule has 7 heteroatoms. The Bertz CT molecular complexity index is 1160. The van der Waals surface area contributed by atoms with Crippen LogP contribution in [0.3, 0.4) is 0 Å². The molecular weight excluding hydrogens is 347 g/mol. The quantitative estimate of drug-likeness (QED) is 0.590. The van der Waals surface area contributed by atoms with E-state index in [2.05, 4.69) is 15.4 Å². The number of fused-ring (bicyclic) bond motifs is 1. The summed E-state index contributed by atoms with van der Waals surface area (Å²) in [4.78, 5) is 17.6. The molecule has 0 fully saturated rings. The van der Waals surface area contributed by atoms with Crippen LogP contribution in [0.2, 0.25) is 0 Å². The molecule has 3 heterocycles. The first kappa shape index (κ1) is 17.0. The number of rotatable bonds is 3. The standard InChI is InChI=1S/C20H17FN4O2/c1-11-6-7-14(21)15(9-11)23-20(26)13-10-16(17-5-4-8-27-17)22-19-18(13)12(2)24-25(19)3/h4-10H,1-3H3,(H,23,26). The molecule has 0 bridgehead atoms. The van der Waals surface area contributed by atoms with Gasteiger partial charge in [-0.25, -0.2) is 9.37 Å². The van der Waals surface area contributed by atoms with E-state index in [4.69, 9.17) is 4.42 Å². The summed E-state index contributed by atoms with van der Waals surface area (Å²) in [5, 5.41) is 7.65. The first-order valence-corrected chi connectivity index (χ1v) is 8.40. The van der Waals surface area contributed by atoms with Crippen LogP contribution in [-0.4, -0.2) is 20.7 Å². The van der Waals surface area contributed by atoms with Gasteiger partial charge in [0.1, 0.15) is 11.5 Å². The van der Waals surface area contributed by atoms with Crippen molar-refractivity contribution >= 4 is 22.6 Å². The van der Waals surface area contributed by atoms with Crippen molar-refractivity contribution in [1.82, 2.24) is 14.8 Å². The Morgan fingerprint density at radius 2 is 2.04 bits per heavy atom. The van der Waals surface area contributed by atoms with Gasteiger partial charge < -0.3 is 9.73 Å². The number of carbonyl (C=O) groups is 1. The lowest BCUT2D eigenvalue weighted by Crippen LogP contribution is -2.14. The molecule has 0 radical (unpaired) electrons. The van der Waals surface area contributed by atoms with E-state index < -0.39 is 11.7 Å². The molecule has 0 saturated carbocycles. The predicted octanol–water partition coefficient (Wildman–Crippen LogP) is 4.24. The molecule has 1 N–H and O–H groups in total. The minimum Gasteiger partial charge on any atom is -0.463 e. The van der Waals surface area contributed by atoms with Gasteiger partial charge in [0.2, 0.25) is 0 Å². The van der Waals surface area contributed by atoms with Crippen LogP contribution in [0.5, 0.6) is 0 Å². The molecule has 4 aromatic rings. The van der Waals surface area contributed by atoms with Gasteiger partial charge in [0.25, 0.3) is 5.91 Å². The first-order valence-electron chi connectivity index (χ1n) is 8.40. The van der Waals surface area contributed by atoms with Crippen molar-refractivity contribution in [1.29, 1.82) is 0 Å². The van der Waals surface area contributed by atoms with Crippen molar-refractivity contribution in [2.24, 2.45) is 7.05 Å². The van der Waals surface area contributed by atoms with Gasteiger partial charge in [0.15, 0.2) is 11.4 Å². The molecule has 136 valence electrons. The number of amides is 1. The fourth-order valence-electron chi connectivity index (χ4n) is 3.10. The normalized spacial score (nSPS) is 11.1. The molecule has 0 aliphatic heterocycles. The van der Waals surface area contributed by atoms with Gasteiger partial charge in [-0.1, -0.05) is 6.07 Å². The zero-order valence-electron chi connectivity index (χ0n) is 15.1. The largest absolute Gasteiger partial charge is 0.463 e. The Hall–Kier alpha value is -3.48. The Morgan fingerprint density at radius 3 is 2.78 bits per heavy atom. The molecule has 3 aromatic heterocycles. The van der Waals surface area contributed by atoms with Crippen molar-refractivity contribution in [2.45, 2.75) is 13.8 Å². The Balaban J connectivity index is 1.86. The van der Waals surface area contributed by atoms with Crippen LogP contribution < -0.4 is 5.32 Å². The van der Waals surface area contributed by atoms with E-state index in [1.807, 2.05) is 6.92 Å². The minimum absolute atomic E-state index is 0.131. The Morgan fingerprint density at radius 1 is 1.22 bits per heavy atom. The molecule has 1 amide bonds. The third-order valence-electron chi connectivity index (χ3n) is 4.36. The molecule has 6 nitrogen and oxygen atoms in total. The zero-order chi connectivity index (χ0) is 19.1. The average Bonchev–Trinajstić information content (AvgIpc) is 3.26. The lowest BCUT2D eigenvalue weighted by molar-refractivity contribution is 0.102. The summed E-state index contributed by atoms with van der Waals surface area (Å²) in [7, 11) is 1.76. The van der Waals surface area contributed by atoms with Crippen molar-refractivity contribution in [3.8, 4) is 11.5 Å². The molecule has 0 saturated heterocycles. The van der Waals surface area contributed by atoms with Crippen LogP contribution in [0, 0.1) is 19.7 Å². The van der Waals surface area contributed by atoms with Crippen molar-refractivity contribution in [3.63, 3.8) is 0 Å². The molecule has 27 heavy (non-hydrogen) atoms. The number of benzene rings is 1. The van der Waals surface area contributed by atoms with Gasteiger partial charge >= 0.3 is 0 Å². The summed E-state index contributed by atoms with van der Waals surface area (Å²) >= 11 is 0. The van der Waals surface area contributed by atoms with E-state index in [1.165, 1.54) is 12.3 Å². The summed E-state index contributed by atoms with van der Waals surface area (Å²) < 4.78 is 21.1. The molecule has 0 aliphatic carbocycles. The second-order valence-electron chi connectivity index (χ2n) is 6.38. The number of halogens is 1. The van der Waals surface area contributed by atoms with E-state index in [0.29, 0.717) is 33.7 Å². The highest BCUT2D eigenvalue weighted by Crippen LogP contribution is 2.28. The number of hydrogen-bond donors (Lipinski definition) is 1. The van der Waals surface area contributed by atoms with E-state index >= 15 is 0 Å². The number of carbonyl (C=O) groups excluding carboxylic acids is 1. The highest BCUT2D eigenvalue weighted by Gasteiger charge is 2.21. The topological polar surface area (TPSA) is 73.0 Å². The van der Waals surface area contributed by atoms with E-state index in [9.17, 15) is 9.18 Å². The number of nitrogens with one attached hydrogen (secondary N) is 1. The zero-order valence-corrected chi connectivity index (χ0v) is 15.1. The molecule has 0 aliphatic rings. The fourth-order valence-corrected chi connectivity index (χ4v) is 3.10. The maximum atomic E-state index is 14.1. The van der Waals surface area contributed by atoms with Crippen LogP contribution in [0.15, 0.2) is 47.1 Å². The van der Waals surface area contributed by atoms with E-state index in [1.54, 1.807) is 49.0 Å². The van der Waals surface area contributed by atoms with Gasteiger partial charge in [-0.05, 0) is 49.7 Å². The van der Waals surface area contributed by atoms with Crippen LogP contribution in [0.25, 0.3) is 22.5 Å². The number of aromatic nitrogens is 3. The first-order chi connectivity index (χ1) is 12.9. The smallest absolute Gasteiger partial charge is 0.256 e. The van der Waals surface area contributed by atoms with Gasteiger partial charge in [0, 0.05) is 7.05 Å². The SMILES string of the molecule is Cc1ccc(F)c(NC(=O)c2cc(-c3ccco3)nc3c2c(C)nn3C)c1. The predicted molar refractivity (Wildman–Crippen MR) is 100 cm³/mol. The second-order valence-corrected chi connectivity index (χ2v) is 6.38. The molecule has 0 spiro atoms. The van der Waals surface area contributed by atoms with Crippen molar-refractivity contribution in [3.05, 3.63) is 65.3 Å². The summed E-state index contributed by atoms with van der Waals surface area (Å²) in [5.74, 6) is -0.393. The number of furan rings is 1. The van der Waals surface area contributed by atoms with Crippen molar-refractivity contribution < 1.29 is 13.6 Å². The number of nitrogens with zero attached hydrogens (tertiary/aromatic N) is 3. The highest BCUT2D eigenvalue weighted by atomic mass is 19.1. The second kappa shape index (κ2) is 6.35. The lowest BCUT2D eigenvalue weighted by Gasteiger charge is -2.10. The van der Waals surface area contributed by atoms with Crippen LogP contribution in [0.1, 0.15) is 21.6 Å². The number of pyridine rings is 1. The summed E-state index contributed by atoms with van der Waals surface area (Å²) in [5.41, 5.74) is 3.06. The maximum Gasteiger partial charge on any atom is 0.256 e. The minimum atomic E-state index is -0.492. The van der Waals surface area contributed by atoms with E-state index in [-0.39, 0.29) is 5.69 Å². The maximum absolute atomic E-state index is 14.1. The van der Waals surface area contributed by atoms with Crippen molar-refractivity contribution in [2.75, 3.05) is 5.32 Å². The van der Waals surface area contributed by atoms with Gasteiger partial charge in [-0.15, -0.1) is 0 Å². The number of anilines is 1. The third kappa shape index (κ3) is 2.97. The molecule has 0 unspecified atom stereocenters. The summed E-state index contributed by atoms with van der Waals surface area (Å²) in [6, 6.07) is 9.72. The molecular formula is C20H17FN4O2. The number of hydrogen-bond acceptors (Lipinski definition) is 4. The van der Waals surface area contributed by atoms with Crippen LogP contribution in [0.4, 0.5) is 10.1 Å². The van der Waals surface area contributed by atoms with E-state index in [0.717, 1.165) is 5.56 Å². The Labute approximate surface area is 154 Å². The van der Waals surface area contributed by atoms with Crippen LogP contribution >= 0.6 is 0 Å². The average molecular weight is 364 g/mol. The summed E-state index contributed by atoms with van der Waals surface area (Å²) in [6.45, 7) is 3.64. The van der Waals surface area contributed by atoms with Gasteiger partial charge in [-0.2, -0.15) is 5.10 Å². The highest BCUT2D eigenvalue weighted by molar-refractivity contribution is 6.13. The molecule has 0 atom stereocenters. The van der Waals surface area contributed by atoms with Gasteiger partial charge in [-0.3, -0.25) is 9.48 Å².